The average molecular weight is 418 g/mol. The molecule has 2 aliphatic heterocycles. The van der Waals surface area contributed by atoms with Crippen LogP contribution in [0.1, 0.15) is 68.7 Å². The first-order chi connectivity index (χ1) is 13.6. The van der Waals surface area contributed by atoms with Crippen molar-refractivity contribution in [1.29, 1.82) is 0 Å². The molecule has 1 saturated carbocycles. The van der Waals surface area contributed by atoms with E-state index in [0.29, 0.717) is 25.3 Å². The molecule has 2 saturated heterocycles. The number of hydrogen-bond acceptors (Lipinski definition) is 4. The highest BCUT2D eigenvalue weighted by Gasteiger charge is 2.56. The lowest BCUT2D eigenvalue weighted by Gasteiger charge is -2.43. The van der Waals surface area contributed by atoms with Crippen molar-refractivity contribution in [3.63, 3.8) is 0 Å². The van der Waals surface area contributed by atoms with Crippen molar-refractivity contribution in [1.82, 2.24) is 15.1 Å². The fraction of sp³-hybridized carbons (Fsp3) is 0.682. The number of urea groups is 1. The number of carbonyl (C=O) groups is 3. The summed E-state index contributed by atoms with van der Waals surface area (Å²) < 4.78 is 0. The van der Waals surface area contributed by atoms with Crippen molar-refractivity contribution in [2.75, 3.05) is 13.1 Å². The molecule has 4 rings (SSSR count). The summed E-state index contributed by atoms with van der Waals surface area (Å²) >= 11 is 1.71. The Morgan fingerprint density at radius 2 is 2.03 bits per heavy atom. The molecule has 0 aromatic carbocycles. The first kappa shape index (κ1) is 20.4. The summed E-state index contributed by atoms with van der Waals surface area (Å²) in [6, 6.07) is 3.80. The highest BCUT2D eigenvalue weighted by molar-refractivity contribution is 7.12. The Bertz CT molecular complexity index is 848. The number of carbonyl (C=O) groups excluding carboxylic acids is 3. The molecule has 6 nitrogen and oxygen atoms in total. The number of rotatable bonds is 3. The third-order valence-electron chi connectivity index (χ3n) is 6.58. The Morgan fingerprint density at radius 1 is 1.28 bits per heavy atom. The largest absolute Gasteiger partial charge is 0.333 e. The van der Waals surface area contributed by atoms with Gasteiger partial charge >= 0.3 is 6.03 Å². The Labute approximate surface area is 176 Å². The summed E-state index contributed by atoms with van der Waals surface area (Å²) in [6.45, 7) is 9.01. The lowest BCUT2D eigenvalue weighted by Crippen LogP contribution is -2.54. The molecule has 29 heavy (non-hydrogen) atoms. The minimum absolute atomic E-state index is 0.0162. The van der Waals surface area contributed by atoms with Gasteiger partial charge in [-0.3, -0.25) is 14.5 Å². The topological polar surface area (TPSA) is 69.7 Å². The SMILES string of the molecule is Cc1ccc(C2CCCN2C(=O)CN2C(=O)NC3(CC(C)CC(C)(C)C3)C2=O)s1. The van der Waals surface area contributed by atoms with Crippen molar-refractivity contribution in [3.8, 4) is 0 Å². The van der Waals surface area contributed by atoms with Gasteiger partial charge in [-0.1, -0.05) is 20.8 Å². The van der Waals surface area contributed by atoms with Gasteiger partial charge in [-0.25, -0.2) is 4.79 Å². The highest BCUT2D eigenvalue weighted by Crippen LogP contribution is 2.46. The average Bonchev–Trinajstić information content (AvgIpc) is 3.29. The second-order valence-corrected chi connectivity index (χ2v) is 11.3. The van der Waals surface area contributed by atoms with Crippen LogP contribution in [-0.2, 0) is 9.59 Å². The first-order valence-corrected chi connectivity index (χ1v) is 11.4. The Morgan fingerprint density at radius 3 is 2.69 bits per heavy atom. The third kappa shape index (κ3) is 3.69. The van der Waals surface area contributed by atoms with Gasteiger partial charge in [-0.2, -0.15) is 0 Å². The van der Waals surface area contributed by atoms with E-state index in [9.17, 15) is 14.4 Å². The number of amides is 4. The van der Waals surface area contributed by atoms with Crippen molar-refractivity contribution in [2.24, 2.45) is 11.3 Å². The molecule has 3 heterocycles. The number of likely N-dealkylation sites (tertiary alicyclic amines) is 1. The molecule has 1 aromatic rings. The van der Waals surface area contributed by atoms with Crippen LogP contribution < -0.4 is 5.32 Å². The molecule has 0 bridgehead atoms. The van der Waals surface area contributed by atoms with Crippen LogP contribution in [0.5, 0.6) is 0 Å². The zero-order valence-corrected chi connectivity index (χ0v) is 18.6. The van der Waals surface area contributed by atoms with Crippen LogP contribution in [0.3, 0.4) is 0 Å². The van der Waals surface area contributed by atoms with Gasteiger partial charge in [0.2, 0.25) is 5.91 Å². The number of hydrogen-bond donors (Lipinski definition) is 1. The molecule has 3 atom stereocenters. The Kier molecular flexibility index (Phi) is 5.00. The van der Waals surface area contributed by atoms with Gasteiger partial charge in [0.25, 0.3) is 5.91 Å². The summed E-state index contributed by atoms with van der Waals surface area (Å²) in [5.41, 5.74) is -0.870. The second kappa shape index (κ2) is 7.11. The predicted molar refractivity (Wildman–Crippen MR) is 113 cm³/mol. The molecule has 3 fully saturated rings. The quantitative estimate of drug-likeness (QED) is 0.760. The maximum absolute atomic E-state index is 13.3. The summed E-state index contributed by atoms with van der Waals surface area (Å²) in [6.07, 6.45) is 4.18. The lowest BCUT2D eigenvalue weighted by atomic mass is 9.64. The number of thiophene rings is 1. The summed E-state index contributed by atoms with van der Waals surface area (Å²) in [4.78, 5) is 44.5. The molecule has 1 aliphatic carbocycles. The van der Waals surface area contributed by atoms with Crippen molar-refractivity contribution >= 4 is 29.2 Å². The summed E-state index contributed by atoms with van der Waals surface area (Å²) in [5, 5.41) is 2.97. The van der Waals surface area contributed by atoms with Gasteiger partial charge in [-0.15, -0.1) is 11.3 Å². The highest BCUT2D eigenvalue weighted by atomic mass is 32.1. The minimum atomic E-state index is -0.853. The van der Waals surface area contributed by atoms with Crippen molar-refractivity contribution in [3.05, 3.63) is 21.9 Å². The molecule has 1 N–H and O–H groups in total. The predicted octanol–water partition coefficient (Wildman–Crippen LogP) is 3.86. The van der Waals surface area contributed by atoms with Crippen LogP contribution >= 0.6 is 11.3 Å². The standard InChI is InChI=1S/C22H31N3O3S/c1-14-10-21(3,4)13-22(11-14)19(27)25(20(28)23-22)12-18(26)24-9-5-6-16(24)17-8-7-15(2)29-17/h7-8,14,16H,5-6,9-13H2,1-4H3,(H,23,28). The van der Waals surface area contributed by atoms with E-state index >= 15 is 0 Å². The summed E-state index contributed by atoms with van der Waals surface area (Å²) in [5.74, 6) is -0.0101. The number of nitrogens with zero attached hydrogens (tertiary/aromatic N) is 2. The van der Waals surface area contributed by atoms with Gasteiger partial charge in [0.1, 0.15) is 12.1 Å². The van der Waals surface area contributed by atoms with Gasteiger partial charge in [0.15, 0.2) is 0 Å². The number of aryl methyl sites for hydroxylation is 1. The van der Waals surface area contributed by atoms with Crippen LogP contribution in [0, 0.1) is 18.3 Å². The van der Waals surface area contributed by atoms with E-state index in [1.54, 1.807) is 11.3 Å². The van der Waals surface area contributed by atoms with Crippen molar-refractivity contribution < 1.29 is 14.4 Å². The minimum Gasteiger partial charge on any atom is -0.333 e. The molecule has 3 unspecified atom stereocenters. The van der Waals surface area contributed by atoms with Crippen molar-refractivity contribution in [2.45, 2.75) is 71.4 Å². The fourth-order valence-corrected chi connectivity index (χ4v) is 6.89. The van der Waals surface area contributed by atoms with Gasteiger partial charge in [0.05, 0.1) is 6.04 Å². The monoisotopic (exact) mass is 417 g/mol. The maximum Gasteiger partial charge on any atom is 0.325 e. The molecule has 0 radical (unpaired) electrons. The lowest BCUT2D eigenvalue weighted by molar-refractivity contribution is -0.141. The molecular weight excluding hydrogens is 386 g/mol. The molecular formula is C22H31N3O3S. The van der Waals surface area contributed by atoms with Crippen LogP contribution in [0.2, 0.25) is 0 Å². The molecule has 7 heteroatoms. The maximum atomic E-state index is 13.3. The van der Waals surface area contributed by atoms with E-state index in [1.807, 2.05) is 4.90 Å². The zero-order valence-electron chi connectivity index (χ0n) is 17.8. The van der Waals surface area contributed by atoms with Crippen LogP contribution in [0.15, 0.2) is 12.1 Å². The van der Waals surface area contributed by atoms with E-state index in [2.05, 4.69) is 45.1 Å². The first-order valence-electron chi connectivity index (χ1n) is 10.6. The molecule has 1 aromatic heterocycles. The van der Waals surface area contributed by atoms with Gasteiger partial charge < -0.3 is 10.2 Å². The van der Waals surface area contributed by atoms with Crippen LogP contribution in [-0.4, -0.2) is 46.3 Å². The third-order valence-corrected chi connectivity index (χ3v) is 7.68. The van der Waals surface area contributed by atoms with E-state index < -0.39 is 11.6 Å². The Balaban J connectivity index is 1.50. The van der Waals surface area contributed by atoms with E-state index in [1.165, 1.54) is 9.75 Å². The van der Waals surface area contributed by atoms with Crippen LogP contribution in [0.25, 0.3) is 0 Å². The molecule has 1 spiro atoms. The molecule has 4 amide bonds. The van der Waals surface area contributed by atoms with Crippen LogP contribution in [0.4, 0.5) is 4.79 Å². The van der Waals surface area contributed by atoms with Gasteiger partial charge in [-0.05, 0) is 62.5 Å². The fourth-order valence-electron chi connectivity index (χ4n) is 5.87. The molecule has 3 aliphatic rings. The number of imide groups is 1. The Hall–Kier alpha value is -1.89. The van der Waals surface area contributed by atoms with Gasteiger partial charge in [0, 0.05) is 16.3 Å². The normalized spacial score (nSPS) is 31.6. The van der Waals surface area contributed by atoms with E-state index in [0.717, 1.165) is 24.2 Å². The molecule has 158 valence electrons. The zero-order chi connectivity index (χ0) is 21.0. The van der Waals surface area contributed by atoms with E-state index in [-0.39, 0.29) is 29.8 Å². The smallest absolute Gasteiger partial charge is 0.325 e. The summed E-state index contributed by atoms with van der Waals surface area (Å²) in [7, 11) is 0. The second-order valence-electron chi connectivity index (χ2n) is 9.95. The van der Waals surface area contributed by atoms with E-state index in [4.69, 9.17) is 0 Å². The number of nitrogens with one attached hydrogen (secondary N) is 1.